The van der Waals surface area contributed by atoms with Gasteiger partial charge in [-0.1, -0.05) is 29.8 Å². The Hall–Kier alpha value is -2.59. The average molecular weight is 453 g/mol. The van der Waals surface area contributed by atoms with Crippen LogP contribution < -0.4 is 14.2 Å². The number of benzene rings is 3. The maximum absolute atomic E-state index is 12.7. The molecule has 0 aliphatic carbocycles. The van der Waals surface area contributed by atoms with Crippen LogP contribution in [0.2, 0.25) is 5.02 Å². The SMILES string of the molecule is O=S(O)Nc1ccc(NCc2cc(Cl)ccc2S(=O)(=O)Oc2ccccc2)cc1. The van der Waals surface area contributed by atoms with E-state index in [1.165, 1.54) is 12.1 Å². The van der Waals surface area contributed by atoms with Crippen LogP contribution in [0, 0.1) is 0 Å². The molecule has 0 aliphatic heterocycles. The molecule has 0 aromatic heterocycles. The van der Waals surface area contributed by atoms with Crippen LogP contribution >= 0.6 is 11.6 Å². The zero-order chi connectivity index (χ0) is 20.9. The maximum atomic E-state index is 12.7. The van der Waals surface area contributed by atoms with Crippen molar-refractivity contribution in [2.45, 2.75) is 11.4 Å². The third-order valence-corrected chi connectivity index (χ3v) is 5.81. The van der Waals surface area contributed by atoms with Crippen molar-refractivity contribution < 1.29 is 21.4 Å². The van der Waals surface area contributed by atoms with E-state index in [0.29, 0.717) is 22.0 Å². The van der Waals surface area contributed by atoms with E-state index >= 15 is 0 Å². The van der Waals surface area contributed by atoms with Crippen molar-refractivity contribution in [3.8, 4) is 5.75 Å². The fourth-order valence-corrected chi connectivity index (χ4v) is 4.21. The molecule has 3 rings (SSSR count). The lowest BCUT2D eigenvalue weighted by atomic mass is 10.2. The van der Waals surface area contributed by atoms with E-state index < -0.39 is 21.4 Å². The summed E-state index contributed by atoms with van der Waals surface area (Å²) in [5, 5.41) is 3.49. The van der Waals surface area contributed by atoms with Gasteiger partial charge in [-0.3, -0.25) is 9.27 Å². The highest BCUT2D eigenvalue weighted by Crippen LogP contribution is 2.25. The van der Waals surface area contributed by atoms with Crippen molar-refractivity contribution in [2.75, 3.05) is 10.0 Å². The monoisotopic (exact) mass is 452 g/mol. The van der Waals surface area contributed by atoms with E-state index in [2.05, 4.69) is 10.0 Å². The number of hydrogen-bond acceptors (Lipinski definition) is 5. The number of para-hydroxylation sites is 1. The Morgan fingerprint density at radius 1 is 0.966 bits per heavy atom. The summed E-state index contributed by atoms with van der Waals surface area (Å²) in [6.45, 7) is 0.173. The van der Waals surface area contributed by atoms with E-state index in [0.717, 1.165) is 0 Å². The van der Waals surface area contributed by atoms with Gasteiger partial charge in [0.25, 0.3) is 11.3 Å². The minimum atomic E-state index is -4.06. The molecular formula is C19H17ClN2O5S2. The molecule has 3 aromatic carbocycles. The molecule has 1 atom stereocenters. The number of hydrogen-bond donors (Lipinski definition) is 3. The summed E-state index contributed by atoms with van der Waals surface area (Å²) in [4.78, 5) is 0.00668. The van der Waals surface area contributed by atoms with Gasteiger partial charge in [-0.2, -0.15) is 8.42 Å². The summed E-state index contributed by atoms with van der Waals surface area (Å²) in [5.41, 5.74) is 1.59. The highest BCUT2D eigenvalue weighted by atomic mass is 35.5. The Balaban J connectivity index is 1.79. The normalized spacial score (nSPS) is 12.2. The predicted molar refractivity (Wildman–Crippen MR) is 114 cm³/mol. The van der Waals surface area contributed by atoms with Crippen LogP contribution in [0.3, 0.4) is 0 Å². The van der Waals surface area contributed by atoms with Crippen LogP contribution in [0.4, 0.5) is 11.4 Å². The lowest BCUT2D eigenvalue weighted by Gasteiger charge is -2.13. The topological polar surface area (TPSA) is 105 Å². The van der Waals surface area contributed by atoms with Crippen LogP contribution in [0.5, 0.6) is 5.75 Å². The Morgan fingerprint density at radius 2 is 1.62 bits per heavy atom. The first-order chi connectivity index (χ1) is 13.8. The summed E-state index contributed by atoms with van der Waals surface area (Å²) >= 11 is 3.90. The number of halogens is 1. The van der Waals surface area contributed by atoms with Crippen LogP contribution in [0.25, 0.3) is 0 Å². The first-order valence-electron chi connectivity index (χ1n) is 8.33. The molecule has 0 bridgehead atoms. The zero-order valence-electron chi connectivity index (χ0n) is 14.9. The molecule has 0 fully saturated rings. The minimum Gasteiger partial charge on any atom is -0.381 e. The molecule has 0 aliphatic rings. The standard InChI is InChI=1S/C19H17ClN2O5S2/c20-15-6-11-19(29(25,26)27-18-4-2-1-3-5-18)14(12-15)13-21-16-7-9-17(10-8-16)22-28(23)24/h1-12,21-22H,13H2,(H,23,24). The molecule has 3 aromatic rings. The van der Waals surface area contributed by atoms with Crippen molar-refractivity contribution in [1.82, 2.24) is 0 Å². The van der Waals surface area contributed by atoms with Gasteiger partial charge < -0.3 is 9.50 Å². The number of anilines is 2. The van der Waals surface area contributed by atoms with Gasteiger partial charge in [0.1, 0.15) is 10.6 Å². The van der Waals surface area contributed by atoms with Gasteiger partial charge in [-0.25, -0.2) is 4.21 Å². The third kappa shape index (κ3) is 5.94. The Morgan fingerprint density at radius 3 is 2.28 bits per heavy atom. The van der Waals surface area contributed by atoms with Gasteiger partial charge in [-0.05, 0) is 60.2 Å². The molecule has 0 radical (unpaired) electrons. The molecule has 7 nitrogen and oxygen atoms in total. The van der Waals surface area contributed by atoms with Gasteiger partial charge in [-0.15, -0.1) is 0 Å². The molecule has 10 heteroatoms. The predicted octanol–water partition coefficient (Wildman–Crippen LogP) is 4.27. The molecule has 1 unspecified atom stereocenters. The van der Waals surface area contributed by atoms with Gasteiger partial charge in [0.15, 0.2) is 0 Å². The van der Waals surface area contributed by atoms with E-state index in [-0.39, 0.29) is 17.2 Å². The van der Waals surface area contributed by atoms with Crippen LogP contribution in [0.1, 0.15) is 5.56 Å². The molecule has 0 amide bonds. The Labute approximate surface area is 176 Å². The van der Waals surface area contributed by atoms with Crippen LogP contribution in [-0.4, -0.2) is 17.2 Å². The third-order valence-electron chi connectivity index (χ3n) is 3.81. The Kier molecular flexibility index (Phi) is 6.75. The van der Waals surface area contributed by atoms with Crippen LogP contribution in [0.15, 0.2) is 77.7 Å². The van der Waals surface area contributed by atoms with Gasteiger partial charge >= 0.3 is 10.1 Å². The molecule has 152 valence electrons. The van der Waals surface area contributed by atoms with Crippen molar-refractivity contribution in [2.24, 2.45) is 0 Å². The Bertz CT molecular complexity index is 1110. The summed E-state index contributed by atoms with van der Waals surface area (Å²) in [6, 6.07) is 19.3. The zero-order valence-corrected chi connectivity index (χ0v) is 17.3. The first-order valence-corrected chi connectivity index (χ1v) is 11.2. The second-order valence-corrected chi connectivity index (χ2v) is 8.54. The van der Waals surface area contributed by atoms with Gasteiger partial charge in [0.05, 0.1) is 0 Å². The summed E-state index contributed by atoms with van der Waals surface area (Å²) in [6.07, 6.45) is 0. The van der Waals surface area contributed by atoms with Crippen molar-refractivity contribution in [3.05, 3.63) is 83.4 Å². The molecule has 0 saturated carbocycles. The number of nitrogens with one attached hydrogen (secondary N) is 2. The van der Waals surface area contributed by atoms with Crippen LogP contribution in [-0.2, 0) is 27.9 Å². The molecule has 0 spiro atoms. The fourth-order valence-electron chi connectivity index (χ4n) is 2.53. The molecule has 0 saturated heterocycles. The van der Waals surface area contributed by atoms with E-state index in [1.807, 2.05) is 0 Å². The quantitative estimate of drug-likeness (QED) is 0.348. The summed E-state index contributed by atoms with van der Waals surface area (Å²) in [7, 11) is -4.06. The van der Waals surface area contributed by atoms with E-state index in [1.54, 1.807) is 60.7 Å². The minimum absolute atomic E-state index is 0.00668. The lowest BCUT2D eigenvalue weighted by molar-refractivity contribution is 0.485. The average Bonchev–Trinajstić information content (AvgIpc) is 2.67. The number of rotatable bonds is 8. The maximum Gasteiger partial charge on any atom is 0.339 e. The summed E-state index contributed by atoms with van der Waals surface area (Å²) in [5.74, 6) is 0.214. The second kappa shape index (κ2) is 9.27. The van der Waals surface area contributed by atoms with Crippen molar-refractivity contribution in [1.29, 1.82) is 0 Å². The first kappa shape index (κ1) is 21.1. The summed E-state index contributed by atoms with van der Waals surface area (Å²) < 4.78 is 52.6. The second-order valence-electron chi connectivity index (χ2n) is 5.88. The largest absolute Gasteiger partial charge is 0.381 e. The van der Waals surface area contributed by atoms with Crippen molar-refractivity contribution >= 4 is 44.4 Å². The lowest BCUT2D eigenvalue weighted by Crippen LogP contribution is -2.14. The van der Waals surface area contributed by atoms with Gasteiger partial charge in [0.2, 0.25) is 0 Å². The molecule has 3 N–H and O–H groups in total. The molecular weight excluding hydrogens is 436 g/mol. The van der Waals surface area contributed by atoms with E-state index in [9.17, 15) is 12.6 Å². The molecule has 29 heavy (non-hydrogen) atoms. The molecule has 0 heterocycles. The smallest absolute Gasteiger partial charge is 0.339 e. The fraction of sp³-hybridized carbons (Fsp3) is 0.0526. The highest BCUT2D eigenvalue weighted by molar-refractivity contribution is 7.87. The van der Waals surface area contributed by atoms with Crippen molar-refractivity contribution in [3.63, 3.8) is 0 Å². The van der Waals surface area contributed by atoms with Gasteiger partial charge in [0, 0.05) is 22.9 Å². The van der Waals surface area contributed by atoms with E-state index in [4.69, 9.17) is 20.3 Å². The highest BCUT2D eigenvalue weighted by Gasteiger charge is 2.21.